The highest BCUT2D eigenvalue weighted by Crippen LogP contribution is 2.40. The molecule has 1 fully saturated rings. The second-order valence-corrected chi connectivity index (χ2v) is 6.91. The number of nitrogens with one attached hydrogen (secondary N) is 1. The van der Waals surface area contributed by atoms with Gasteiger partial charge in [-0.2, -0.15) is 0 Å². The van der Waals surface area contributed by atoms with Crippen LogP contribution in [0, 0.1) is 0 Å². The summed E-state index contributed by atoms with van der Waals surface area (Å²) in [5.74, 6) is 0.193. The summed E-state index contributed by atoms with van der Waals surface area (Å²) in [4.78, 5) is 12.1. The maximum Gasteiger partial charge on any atom is 0.220 e. The van der Waals surface area contributed by atoms with Gasteiger partial charge in [0.1, 0.15) is 0 Å². The van der Waals surface area contributed by atoms with Crippen LogP contribution < -0.4 is 11.1 Å². The van der Waals surface area contributed by atoms with E-state index in [-0.39, 0.29) is 11.3 Å². The number of hydrogen-bond donors (Lipinski definition) is 2. The van der Waals surface area contributed by atoms with Crippen LogP contribution in [0.25, 0.3) is 0 Å². The van der Waals surface area contributed by atoms with Gasteiger partial charge < -0.3 is 11.1 Å². The number of hydrogen-bond acceptors (Lipinski definition) is 2. The van der Waals surface area contributed by atoms with E-state index in [0.29, 0.717) is 6.42 Å². The van der Waals surface area contributed by atoms with E-state index in [9.17, 15) is 4.79 Å². The van der Waals surface area contributed by atoms with E-state index in [2.05, 4.69) is 36.5 Å². The zero-order chi connectivity index (χ0) is 16.5. The summed E-state index contributed by atoms with van der Waals surface area (Å²) < 4.78 is 0. The van der Waals surface area contributed by atoms with Crippen molar-refractivity contribution in [2.75, 3.05) is 13.1 Å². The maximum absolute atomic E-state index is 12.1. The molecule has 3 heteroatoms. The molecule has 1 aliphatic rings. The fourth-order valence-corrected chi connectivity index (χ4v) is 3.68. The number of aryl methyl sites for hydroxylation is 1. The van der Waals surface area contributed by atoms with Crippen LogP contribution in [0.4, 0.5) is 0 Å². The third-order valence-corrected chi connectivity index (χ3v) is 5.27. The van der Waals surface area contributed by atoms with Gasteiger partial charge in [-0.05, 0) is 49.8 Å². The average molecular weight is 316 g/mol. The second-order valence-electron chi connectivity index (χ2n) is 6.91. The molecule has 0 aliphatic heterocycles. The first-order valence-corrected chi connectivity index (χ1v) is 9.26. The molecule has 0 bridgehead atoms. The number of carbonyl (C=O) groups is 1. The third-order valence-electron chi connectivity index (χ3n) is 5.27. The van der Waals surface area contributed by atoms with Gasteiger partial charge in [-0.25, -0.2) is 0 Å². The Bertz CT molecular complexity index is 475. The molecular weight excluding hydrogens is 284 g/mol. The molecule has 0 radical (unpaired) electrons. The van der Waals surface area contributed by atoms with Crippen LogP contribution in [0.1, 0.15) is 69.4 Å². The summed E-state index contributed by atoms with van der Waals surface area (Å²) in [6.45, 7) is 3.69. The summed E-state index contributed by atoms with van der Waals surface area (Å²) in [5, 5.41) is 3.20. The number of nitrogens with two attached hydrogens (primary N) is 1. The van der Waals surface area contributed by atoms with Crippen LogP contribution in [-0.4, -0.2) is 19.0 Å². The minimum Gasteiger partial charge on any atom is -0.355 e. The molecule has 2 rings (SSSR count). The minimum absolute atomic E-state index is 0.152. The van der Waals surface area contributed by atoms with Crippen molar-refractivity contribution in [2.45, 2.75) is 70.1 Å². The summed E-state index contributed by atoms with van der Waals surface area (Å²) in [5.41, 5.74) is 8.42. The van der Waals surface area contributed by atoms with E-state index >= 15 is 0 Å². The lowest BCUT2D eigenvalue weighted by atomic mass is 9.78. The first kappa shape index (κ1) is 18.0. The van der Waals surface area contributed by atoms with Crippen molar-refractivity contribution in [3.8, 4) is 0 Å². The van der Waals surface area contributed by atoms with Crippen molar-refractivity contribution in [3.63, 3.8) is 0 Å². The van der Waals surface area contributed by atoms with Crippen molar-refractivity contribution >= 4 is 5.91 Å². The van der Waals surface area contributed by atoms with Crippen molar-refractivity contribution in [1.29, 1.82) is 0 Å². The molecule has 0 saturated heterocycles. The van der Waals surface area contributed by atoms with Gasteiger partial charge in [0.25, 0.3) is 0 Å². The Morgan fingerprint density at radius 1 is 1.13 bits per heavy atom. The lowest BCUT2D eigenvalue weighted by Gasteiger charge is -2.30. The topological polar surface area (TPSA) is 55.1 Å². The number of amides is 1. The molecule has 1 aromatic carbocycles. The molecular formula is C20H32N2O. The number of rotatable bonds is 9. The van der Waals surface area contributed by atoms with E-state index < -0.39 is 0 Å². The fraction of sp³-hybridized carbons (Fsp3) is 0.650. The van der Waals surface area contributed by atoms with Crippen LogP contribution >= 0.6 is 0 Å². The molecule has 0 spiro atoms. The normalized spacial score (nSPS) is 16.4. The molecule has 3 nitrogen and oxygen atoms in total. The zero-order valence-corrected chi connectivity index (χ0v) is 14.6. The number of unbranched alkanes of at least 4 members (excludes halogenated alkanes) is 2. The third kappa shape index (κ3) is 5.07. The summed E-state index contributed by atoms with van der Waals surface area (Å²) in [6.07, 6.45) is 9.62. The fourth-order valence-electron chi connectivity index (χ4n) is 3.68. The van der Waals surface area contributed by atoms with Crippen LogP contribution in [0.15, 0.2) is 24.3 Å². The zero-order valence-electron chi connectivity index (χ0n) is 14.6. The quantitative estimate of drug-likeness (QED) is 0.683. The predicted octanol–water partition coefficient (Wildman–Crippen LogP) is 3.70. The van der Waals surface area contributed by atoms with Gasteiger partial charge in [-0.1, -0.05) is 50.5 Å². The Labute approximate surface area is 141 Å². The van der Waals surface area contributed by atoms with Crippen LogP contribution in [0.2, 0.25) is 0 Å². The molecule has 23 heavy (non-hydrogen) atoms. The van der Waals surface area contributed by atoms with Gasteiger partial charge in [-0.3, -0.25) is 4.79 Å². The van der Waals surface area contributed by atoms with Crippen molar-refractivity contribution < 1.29 is 4.79 Å². The van der Waals surface area contributed by atoms with Crippen LogP contribution in [0.5, 0.6) is 0 Å². The molecule has 1 saturated carbocycles. The van der Waals surface area contributed by atoms with Gasteiger partial charge >= 0.3 is 0 Å². The maximum atomic E-state index is 12.1. The van der Waals surface area contributed by atoms with Gasteiger partial charge in [-0.15, -0.1) is 0 Å². The van der Waals surface area contributed by atoms with Gasteiger partial charge in [0.15, 0.2) is 0 Å². The highest BCUT2D eigenvalue weighted by Gasteiger charge is 2.35. The molecule has 1 aromatic rings. The first-order chi connectivity index (χ1) is 11.2. The summed E-state index contributed by atoms with van der Waals surface area (Å²) in [7, 11) is 0. The van der Waals surface area contributed by atoms with E-state index in [1.807, 2.05) is 0 Å². The van der Waals surface area contributed by atoms with Crippen molar-refractivity contribution in [1.82, 2.24) is 5.32 Å². The molecule has 0 aromatic heterocycles. The molecule has 1 aliphatic carbocycles. The Morgan fingerprint density at radius 2 is 1.83 bits per heavy atom. The second kappa shape index (κ2) is 9.07. The van der Waals surface area contributed by atoms with Gasteiger partial charge in [0.2, 0.25) is 5.91 Å². The van der Waals surface area contributed by atoms with Crippen LogP contribution in [-0.2, 0) is 16.6 Å². The lowest BCUT2D eigenvalue weighted by Crippen LogP contribution is -2.39. The highest BCUT2D eigenvalue weighted by molar-refractivity contribution is 5.76. The Balaban J connectivity index is 1.91. The monoisotopic (exact) mass is 316 g/mol. The first-order valence-electron chi connectivity index (χ1n) is 9.26. The molecule has 3 N–H and O–H groups in total. The Kier molecular flexibility index (Phi) is 7.10. The SMILES string of the molecule is CCc1ccc(C2(CNC(=O)CCCCCN)CCCC2)cc1. The standard InChI is InChI=1S/C20H32N2O/c1-2-17-9-11-18(12-10-17)20(13-5-6-14-20)16-22-19(23)8-4-3-7-15-21/h9-12H,2-8,13-16,21H2,1H3,(H,22,23). The number of benzene rings is 1. The van der Waals surface area contributed by atoms with E-state index in [1.165, 1.54) is 36.8 Å². The smallest absolute Gasteiger partial charge is 0.220 e. The average Bonchev–Trinajstić information content (AvgIpc) is 3.07. The van der Waals surface area contributed by atoms with E-state index in [1.54, 1.807) is 0 Å². The molecule has 0 heterocycles. The number of carbonyl (C=O) groups excluding carboxylic acids is 1. The van der Waals surface area contributed by atoms with Crippen LogP contribution in [0.3, 0.4) is 0 Å². The Morgan fingerprint density at radius 3 is 2.43 bits per heavy atom. The Hall–Kier alpha value is -1.35. The molecule has 1 amide bonds. The van der Waals surface area contributed by atoms with Crippen molar-refractivity contribution in [2.24, 2.45) is 5.73 Å². The molecule has 0 atom stereocenters. The lowest BCUT2D eigenvalue weighted by molar-refractivity contribution is -0.121. The van der Waals surface area contributed by atoms with E-state index in [4.69, 9.17) is 5.73 Å². The minimum atomic E-state index is 0.152. The summed E-state index contributed by atoms with van der Waals surface area (Å²) >= 11 is 0. The van der Waals surface area contributed by atoms with E-state index in [0.717, 1.165) is 38.8 Å². The summed E-state index contributed by atoms with van der Waals surface area (Å²) in [6, 6.07) is 9.03. The largest absolute Gasteiger partial charge is 0.355 e. The van der Waals surface area contributed by atoms with Gasteiger partial charge in [0.05, 0.1) is 0 Å². The molecule has 128 valence electrons. The predicted molar refractivity (Wildman–Crippen MR) is 96.5 cm³/mol. The van der Waals surface area contributed by atoms with Gasteiger partial charge in [0, 0.05) is 18.4 Å². The molecule has 0 unspecified atom stereocenters. The highest BCUT2D eigenvalue weighted by atomic mass is 16.1. The van der Waals surface area contributed by atoms with Crippen molar-refractivity contribution in [3.05, 3.63) is 35.4 Å².